The fourth-order valence-corrected chi connectivity index (χ4v) is 3.37. The molecule has 2 rings (SSSR count). The molecule has 0 radical (unpaired) electrons. The number of aryl methyl sites for hydroxylation is 2. The lowest BCUT2D eigenvalue weighted by molar-refractivity contribution is 0.322. The summed E-state index contributed by atoms with van der Waals surface area (Å²) in [5, 5.41) is 0. The van der Waals surface area contributed by atoms with E-state index in [1.54, 1.807) is 0 Å². The van der Waals surface area contributed by atoms with E-state index in [4.69, 9.17) is 4.74 Å². The Kier molecular flexibility index (Phi) is 6.19. The highest BCUT2D eigenvalue weighted by Crippen LogP contribution is 2.12. The summed E-state index contributed by atoms with van der Waals surface area (Å²) in [4.78, 5) is 0. The highest BCUT2D eigenvalue weighted by Gasteiger charge is 2.11. The van der Waals surface area contributed by atoms with Gasteiger partial charge < -0.3 is 4.74 Å². The van der Waals surface area contributed by atoms with E-state index in [0.29, 0.717) is 6.61 Å². The van der Waals surface area contributed by atoms with E-state index >= 15 is 0 Å². The van der Waals surface area contributed by atoms with Crippen molar-refractivity contribution in [3.8, 4) is 5.75 Å². The van der Waals surface area contributed by atoms with Crippen LogP contribution in [-0.2, 0) is 22.2 Å². The van der Waals surface area contributed by atoms with Gasteiger partial charge >= 0.3 is 0 Å². The molecule has 2 aromatic carbocycles. The zero-order chi connectivity index (χ0) is 16.7. The zero-order valence-corrected chi connectivity index (χ0v) is 14.4. The van der Waals surface area contributed by atoms with Crippen molar-refractivity contribution < 1.29 is 13.2 Å². The molecule has 0 bridgehead atoms. The van der Waals surface area contributed by atoms with Gasteiger partial charge in [0.1, 0.15) is 12.4 Å². The van der Waals surface area contributed by atoms with Crippen molar-refractivity contribution in [2.45, 2.75) is 26.0 Å². The standard InChI is InChI=1S/C18H23NO3S/c1-3-16-7-9-18(10-8-16)22-12-11-19-23(20,21)14-17-6-4-5-15(2)13-17/h4-10,13,19H,3,11-12,14H2,1-2H3. The van der Waals surface area contributed by atoms with Crippen molar-refractivity contribution in [1.29, 1.82) is 0 Å². The number of nitrogens with one attached hydrogen (secondary N) is 1. The number of rotatable bonds is 8. The summed E-state index contributed by atoms with van der Waals surface area (Å²) in [6, 6.07) is 15.3. The van der Waals surface area contributed by atoms with Gasteiger partial charge in [-0.1, -0.05) is 48.9 Å². The second-order valence-electron chi connectivity index (χ2n) is 5.49. The molecule has 0 aliphatic heterocycles. The molecular weight excluding hydrogens is 310 g/mol. The maximum Gasteiger partial charge on any atom is 0.215 e. The van der Waals surface area contributed by atoms with E-state index in [9.17, 15) is 8.42 Å². The first kappa shape index (κ1) is 17.5. The molecule has 0 fully saturated rings. The molecule has 1 N–H and O–H groups in total. The summed E-state index contributed by atoms with van der Waals surface area (Å²) in [5.41, 5.74) is 3.08. The minimum atomic E-state index is -3.35. The third-order valence-electron chi connectivity index (χ3n) is 3.46. The minimum absolute atomic E-state index is 0.0140. The second kappa shape index (κ2) is 8.13. The molecule has 5 heteroatoms. The van der Waals surface area contributed by atoms with Crippen molar-refractivity contribution in [3.05, 3.63) is 65.2 Å². The molecular formula is C18H23NO3S. The highest BCUT2D eigenvalue weighted by atomic mass is 32.2. The summed E-state index contributed by atoms with van der Waals surface area (Å²) in [5.74, 6) is 0.736. The Labute approximate surface area is 138 Å². The summed E-state index contributed by atoms with van der Waals surface area (Å²) < 4.78 is 32.2. The first-order valence-electron chi connectivity index (χ1n) is 7.73. The number of hydrogen-bond donors (Lipinski definition) is 1. The average Bonchev–Trinajstić information content (AvgIpc) is 2.52. The van der Waals surface area contributed by atoms with Crippen LogP contribution in [0, 0.1) is 6.92 Å². The summed E-state index contributed by atoms with van der Waals surface area (Å²) in [6.07, 6.45) is 0.985. The quantitative estimate of drug-likeness (QED) is 0.756. The van der Waals surface area contributed by atoms with Gasteiger partial charge in [-0.15, -0.1) is 0 Å². The first-order valence-corrected chi connectivity index (χ1v) is 9.38. The third kappa shape index (κ3) is 6.04. The van der Waals surface area contributed by atoms with E-state index in [1.165, 1.54) is 5.56 Å². The van der Waals surface area contributed by atoms with Crippen LogP contribution in [0.4, 0.5) is 0 Å². The zero-order valence-electron chi connectivity index (χ0n) is 13.6. The Bertz CT molecular complexity index is 724. The second-order valence-corrected chi connectivity index (χ2v) is 7.30. The summed E-state index contributed by atoms with van der Waals surface area (Å²) in [7, 11) is -3.35. The summed E-state index contributed by atoms with van der Waals surface area (Å²) in [6.45, 7) is 4.60. The molecule has 0 saturated carbocycles. The lowest BCUT2D eigenvalue weighted by atomic mass is 10.2. The maximum absolute atomic E-state index is 12.0. The van der Waals surface area contributed by atoms with Crippen LogP contribution >= 0.6 is 0 Å². The molecule has 0 aliphatic rings. The Morgan fingerprint density at radius 2 is 1.78 bits per heavy atom. The lowest BCUT2D eigenvalue weighted by Crippen LogP contribution is -2.29. The van der Waals surface area contributed by atoms with Crippen molar-refractivity contribution in [2.75, 3.05) is 13.2 Å². The Morgan fingerprint density at radius 3 is 2.43 bits per heavy atom. The van der Waals surface area contributed by atoms with Gasteiger partial charge in [-0.2, -0.15) is 0 Å². The van der Waals surface area contributed by atoms with E-state index in [2.05, 4.69) is 11.6 Å². The molecule has 0 amide bonds. The molecule has 0 heterocycles. The molecule has 0 spiro atoms. The predicted molar refractivity (Wildman–Crippen MR) is 93.1 cm³/mol. The van der Waals surface area contributed by atoms with Crippen LogP contribution in [0.1, 0.15) is 23.6 Å². The van der Waals surface area contributed by atoms with E-state index in [-0.39, 0.29) is 12.3 Å². The van der Waals surface area contributed by atoms with Crippen LogP contribution in [0.5, 0.6) is 5.75 Å². The van der Waals surface area contributed by atoms with Crippen molar-refractivity contribution in [3.63, 3.8) is 0 Å². The van der Waals surface area contributed by atoms with Crippen LogP contribution in [-0.4, -0.2) is 21.6 Å². The largest absolute Gasteiger partial charge is 0.492 e. The van der Waals surface area contributed by atoms with Crippen LogP contribution in [0.2, 0.25) is 0 Å². The van der Waals surface area contributed by atoms with Crippen molar-refractivity contribution >= 4 is 10.0 Å². The van der Waals surface area contributed by atoms with Gasteiger partial charge in [0.2, 0.25) is 10.0 Å². The predicted octanol–water partition coefficient (Wildman–Crippen LogP) is 3.06. The number of benzene rings is 2. The average molecular weight is 333 g/mol. The van der Waals surface area contributed by atoms with Crippen LogP contribution < -0.4 is 9.46 Å². The molecule has 0 atom stereocenters. The van der Waals surface area contributed by atoms with Crippen LogP contribution in [0.15, 0.2) is 48.5 Å². The molecule has 0 saturated heterocycles. The fraction of sp³-hybridized carbons (Fsp3) is 0.333. The highest BCUT2D eigenvalue weighted by molar-refractivity contribution is 7.88. The number of hydrogen-bond acceptors (Lipinski definition) is 3. The van der Waals surface area contributed by atoms with Gasteiger partial charge in [0.15, 0.2) is 0 Å². The van der Waals surface area contributed by atoms with Crippen molar-refractivity contribution in [1.82, 2.24) is 4.72 Å². The normalized spacial score (nSPS) is 11.4. The molecule has 4 nitrogen and oxygen atoms in total. The molecule has 0 unspecified atom stereocenters. The van der Waals surface area contributed by atoms with Gasteiger partial charge in [-0.3, -0.25) is 0 Å². The molecule has 0 aromatic heterocycles. The number of ether oxygens (including phenoxy) is 1. The monoisotopic (exact) mass is 333 g/mol. The molecule has 0 aliphatic carbocycles. The maximum atomic E-state index is 12.0. The first-order chi connectivity index (χ1) is 11.0. The van der Waals surface area contributed by atoms with Gasteiger partial charge in [0.25, 0.3) is 0 Å². The third-order valence-corrected chi connectivity index (χ3v) is 4.82. The smallest absolute Gasteiger partial charge is 0.215 e. The Balaban J connectivity index is 1.78. The molecule has 124 valence electrons. The van der Waals surface area contributed by atoms with Crippen molar-refractivity contribution in [2.24, 2.45) is 0 Å². The van der Waals surface area contributed by atoms with E-state index in [0.717, 1.165) is 23.3 Å². The topological polar surface area (TPSA) is 55.4 Å². The van der Waals surface area contributed by atoms with Crippen LogP contribution in [0.25, 0.3) is 0 Å². The van der Waals surface area contributed by atoms with Crippen LogP contribution in [0.3, 0.4) is 0 Å². The number of sulfonamides is 1. The molecule has 23 heavy (non-hydrogen) atoms. The van der Waals surface area contributed by atoms with Gasteiger partial charge in [0, 0.05) is 6.54 Å². The van der Waals surface area contributed by atoms with Gasteiger partial charge in [0.05, 0.1) is 5.75 Å². The fourth-order valence-electron chi connectivity index (χ4n) is 2.26. The van der Waals surface area contributed by atoms with Gasteiger partial charge in [-0.25, -0.2) is 13.1 Å². The van der Waals surface area contributed by atoms with E-state index in [1.807, 2.05) is 55.5 Å². The van der Waals surface area contributed by atoms with E-state index < -0.39 is 10.0 Å². The van der Waals surface area contributed by atoms with Gasteiger partial charge in [-0.05, 0) is 36.6 Å². The Hall–Kier alpha value is -1.85. The lowest BCUT2D eigenvalue weighted by Gasteiger charge is -2.09. The minimum Gasteiger partial charge on any atom is -0.492 e. The summed E-state index contributed by atoms with van der Waals surface area (Å²) >= 11 is 0. The molecule has 2 aromatic rings. The Morgan fingerprint density at radius 1 is 1.04 bits per heavy atom. The SMILES string of the molecule is CCc1ccc(OCCNS(=O)(=O)Cc2cccc(C)c2)cc1.